The number of hydrogen-bond acceptors (Lipinski definition) is 3. The maximum absolute atomic E-state index is 12.4. The predicted octanol–water partition coefficient (Wildman–Crippen LogP) is 2.36. The highest BCUT2D eigenvalue weighted by molar-refractivity contribution is 5.37. The van der Waals surface area contributed by atoms with Crippen molar-refractivity contribution in [1.29, 1.82) is 0 Å². The number of hydrogen-bond donors (Lipinski definition) is 0. The molecule has 5 heteroatoms. The van der Waals surface area contributed by atoms with Crippen molar-refractivity contribution < 1.29 is 4.74 Å². The zero-order chi connectivity index (χ0) is 17.1. The molecule has 0 amide bonds. The lowest BCUT2D eigenvalue weighted by Crippen LogP contribution is -2.40. The quantitative estimate of drug-likeness (QED) is 0.693. The van der Waals surface area contributed by atoms with Crippen LogP contribution in [0, 0.1) is 6.92 Å². The minimum absolute atomic E-state index is 0.373. The van der Waals surface area contributed by atoms with E-state index in [4.69, 9.17) is 4.74 Å². The van der Waals surface area contributed by atoms with Gasteiger partial charge in [-0.15, -0.1) is 0 Å². The number of aromatic nitrogens is 2. The molecular weight excluding hydrogens is 304 g/mol. The van der Waals surface area contributed by atoms with Crippen LogP contribution in [-0.4, -0.2) is 16.2 Å². The predicted molar refractivity (Wildman–Crippen MR) is 93.1 cm³/mol. The van der Waals surface area contributed by atoms with E-state index in [9.17, 15) is 9.59 Å². The number of nitrogens with zero attached hydrogens (tertiary/aromatic N) is 2. The Morgan fingerprint density at radius 2 is 1.54 bits per heavy atom. The van der Waals surface area contributed by atoms with Gasteiger partial charge in [0.15, 0.2) is 0 Å². The van der Waals surface area contributed by atoms with Crippen LogP contribution >= 0.6 is 0 Å². The van der Waals surface area contributed by atoms with Crippen molar-refractivity contribution in [3.05, 3.63) is 92.8 Å². The van der Waals surface area contributed by atoms with Gasteiger partial charge in [-0.25, -0.2) is 0 Å². The third-order valence-electron chi connectivity index (χ3n) is 3.88. The van der Waals surface area contributed by atoms with E-state index in [1.807, 2.05) is 31.2 Å². The fourth-order valence-corrected chi connectivity index (χ4v) is 2.47. The summed E-state index contributed by atoms with van der Waals surface area (Å²) >= 11 is 0. The molecule has 0 spiro atoms. The van der Waals surface area contributed by atoms with E-state index >= 15 is 0 Å². The molecule has 0 radical (unpaired) electrons. The normalized spacial score (nSPS) is 10.6. The van der Waals surface area contributed by atoms with E-state index in [0.717, 1.165) is 11.1 Å². The van der Waals surface area contributed by atoms with Gasteiger partial charge in [0.25, 0.3) is 0 Å². The van der Waals surface area contributed by atoms with Gasteiger partial charge in [0.05, 0.1) is 13.7 Å². The lowest BCUT2D eigenvalue weighted by atomic mass is 10.1. The van der Waals surface area contributed by atoms with Gasteiger partial charge in [-0.1, -0.05) is 29.8 Å². The van der Waals surface area contributed by atoms with Crippen LogP contribution in [0.2, 0.25) is 0 Å². The lowest BCUT2D eigenvalue weighted by molar-refractivity contribution is 0.414. The van der Waals surface area contributed by atoms with Gasteiger partial charge in [-0.2, -0.15) is 0 Å². The summed E-state index contributed by atoms with van der Waals surface area (Å²) in [5, 5.41) is 0. The first kappa shape index (κ1) is 15.8. The van der Waals surface area contributed by atoms with Gasteiger partial charge in [0, 0.05) is 18.1 Å². The molecule has 5 nitrogen and oxygen atoms in total. The van der Waals surface area contributed by atoms with Crippen LogP contribution in [0.25, 0.3) is 5.69 Å². The Balaban J connectivity index is 1.95. The standard InChI is InChI=1S/C19H18N2O3/c1-14-3-5-15(6-4-14)13-20-11-12-21(19(23)18(20)22)16-7-9-17(24-2)10-8-16/h3-12H,13H2,1-2H3. The molecule has 3 aromatic rings. The van der Waals surface area contributed by atoms with Crippen LogP contribution in [0.1, 0.15) is 11.1 Å². The highest BCUT2D eigenvalue weighted by atomic mass is 16.5. The molecule has 1 aromatic heterocycles. The van der Waals surface area contributed by atoms with E-state index in [2.05, 4.69) is 0 Å². The summed E-state index contributed by atoms with van der Waals surface area (Å²) in [6.07, 6.45) is 3.24. The molecule has 0 aliphatic rings. The van der Waals surface area contributed by atoms with Crippen LogP contribution in [0.3, 0.4) is 0 Å². The number of aryl methyl sites for hydroxylation is 1. The van der Waals surface area contributed by atoms with Crippen molar-refractivity contribution in [1.82, 2.24) is 9.13 Å². The Hall–Kier alpha value is -3.08. The molecule has 0 atom stereocenters. The molecule has 0 bridgehead atoms. The SMILES string of the molecule is COc1ccc(-n2ccn(Cc3ccc(C)cc3)c(=O)c2=O)cc1. The second-order valence-electron chi connectivity index (χ2n) is 5.59. The number of ether oxygens (including phenoxy) is 1. The summed E-state index contributed by atoms with van der Waals surface area (Å²) < 4.78 is 7.86. The molecule has 2 aromatic carbocycles. The smallest absolute Gasteiger partial charge is 0.320 e. The van der Waals surface area contributed by atoms with Gasteiger partial charge in [-0.05, 0) is 36.8 Å². The summed E-state index contributed by atoms with van der Waals surface area (Å²) in [7, 11) is 1.58. The van der Waals surface area contributed by atoms with E-state index in [-0.39, 0.29) is 0 Å². The molecule has 0 saturated carbocycles. The van der Waals surface area contributed by atoms with Gasteiger partial charge in [0.1, 0.15) is 5.75 Å². The van der Waals surface area contributed by atoms with Crippen molar-refractivity contribution in [2.24, 2.45) is 0 Å². The zero-order valence-corrected chi connectivity index (χ0v) is 13.6. The van der Waals surface area contributed by atoms with Crippen molar-refractivity contribution in [2.75, 3.05) is 7.11 Å². The van der Waals surface area contributed by atoms with Crippen LogP contribution in [0.4, 0.5) is 0 Å². The second kappa shape index (κ2) is 6.58. The minimum atomic E-state index is -0.574. The maximum atomic E-state index is 12.4. The maximum Gasteiger partial charge on any atom is 0.320 e. The third kappa shape index (κ3) is 3.15. The molecule has 122 valence electrons. The third-order valence-corrected chi connectivity index (χ3v) is 3.88. The number of benzene rings is 2. The Kier molecular flexibility index (Phi) is 4.33. The fraction of sp³-hybridized carbons (Fsp3) is 0.158. The summed E-state index contributed by atoms with van der Waals surface area (Å²) in [6.45, 7) is 2.38. The molecule has 0 unspecified atom stereocenters. The van der Waals surface area contributed by atoms with Gasteiger partial charge in [-0.3, -0.25) is 14.2 Å². The monoisotopic (exact) mass is 322 g/mol. The largest absolute Gasteiger partial charge is 0.497 e. The Bertz CT molecular complexity index is 952. The summed E-state index contributed by atoms with van der Waals surface area (Å²) in [5.41, 5.74) is 1.63. The first-order chi connectivity index (χ1) is 11.6. The zero-order valence-electron chi connectivity index (χ0n) is 13.6. The molecule has 1 heterocycles. The topological polar surface area (TPSA) is 53.2 Å². The van der Waals surface area contributed by atoms with Crippen LogP contribution in [0.5, 0.6) is 5.75 Å². The molecule has 0 aliphatic heterocycles. The highest BCUT2D eigenvalue weighted by Crippen LogP contribution is 2.13. The average molecular weight is 322 g/mol. The van der Waals surface area contributed by atoms with Gasteiger partial charge in [0.2, 0.25) is 0 Å². The van der Waals surface area contributed by atoms with Gasteiger partial charge >= 0.3 is 11.1 Å². The van der Waals surface area contributed by atoms with E-state index < -0.39 is 11.1 Å². The fourth-order valence-electron chi connectivity index (χ4n) is 2.47. The van der Waals surface area contributed by atoms with E-state index in [1.165, 1.54) is 9.13 Å². The van der Waals surface area contributed by atoms with Crippen LogP contribution in [-0.2, 0) is 6.54 Å². The first-order valence-corrected chi connectivity index (χ1v) is 7.60. The van der Waals surface area contributed by atoms with Crippen LogP contribution < -0.4 is 15.9 Å². The van der Waals surface area contributed by atoms with Crippen molar-refractivity contribution >= 4 is 0 Å². The Morgan fingerprint density at radius 1 is 0.875 bits per heavy atom. The molecule has 0 N–H and O–H groups in total. The van der Waals surface area contributed by atoms with Crippen molar-refractivity contribution in [3.8, 4) is 11.4 Å². The van der Waals surface area contributed by atoms with E-state index in [1.54, 1.807) is 43.8 Å². The minimum Gasteiger partial charge on any atom is -0.497 e. The van der Waals surface area contributed by atoms with Crippen LogP contribution in [0.15, 0.2) is 70.5 Å². The molecule has 3 rings (SSSR count). The molecule has 0 fully saturated rings. The van der Waals surface area contributed by atoms with Crippen molar-refractivity contribution in [2.45, 2.75) is 13.5 Å². The summed E-state index contributed by atoms with van der Waals surface area (Å²) in [5.74, 6) is 0.694. The average Bonchev–Trinajstić information content (AvgIpc) is 2.61. The second-order valence-corrected chi connectivity index (χ2v) is 5.59. The van der Waals surface area contributed by atoms with Gasteiger partial charge < -0.3 is 9.30 Å². The Morgan fingerprint density at radius 3 is 2.17 bits per heavy atom. The molecule has 24 heavy (non-hydrogen) atoms. The number of rotatable bonds is 4. The molecular formula is C19H18N2O3. The van der Waals surface area contributed by atoms with E-state index in [0.29, 0.717) is 18.0 Å². The number of methoxy groups -OCH3 is 1. The molecule has 0 aliphatic carbocycles. The highest BCUT2D eigenvalue weighted by Gasteiger charge is 2.07. The summed E-state index contributed by atoms with van der Waals surface area (Å²) in [6, 6.07) is 14.9. The van der Waals surface area contributed by atoms with Crippen molar-refractivity contribution in [3.63, 3.8) is 0 Å². The summed E-state index contributed by atoms with van der Waals surface area (Å²) in [4.78, 5) is 24.7. The lowest BCUT2D eigenvalue weighted by Gasteiger charge is -2.10. The first-order valence-electron chi connectivity index (χ1n) is 7.60. The Labute approximate surface area is 139 Å². The molecule has 0 saturated heterocycles.